The predicted molar refractivity (Wildman–Crippen MR) is 93.1 cm³/mol. The average Bonchev–Trinajstić information content (AvgIpc) is 3.18. The highest BCUT2D eigenvalue weighted by molar-refractivity contribution is 7.89. The third-order valence-corrected chi connectivity index (χ3v) is 6.04. The Morgan fingerprint density at radius 2 is 1.81 bits per heavy atom. The molecule has 0 aliphatic carbocycles. The van der Waals surface area contributed by atoms with Gasteiger partial charge in [0.2, 0.25) is 10.0 Å². The molecule has 6 nitrogen and oxygen atoms in total. The lowest BCUT2D eigenvalue weighted by Gasteiger charge is -2.16. The first kappa shape index (κ1) is 18.5. The maximum Gasteiger partial charge on any atom is 0.274 e. The number of nitrogens with one attached hydrogen (secondary N) is 1. The van der Waals surface area contributed by atoms with Crippen molar-refractivity contribution in [2.45, 2.75) is 24.3 Å². The zero-order chi connectivity index (χ0) is 18.6. The number of nitrogens with zero attached hydrogens (tertiary/aromatic N) is 1. The van der Waals surface area contributed by atoms with Crippen LogP contribution in [0.3, 0.4) is 0 Å². The van der Waals surface area contributed by atoms with Crippen molar-refractivity contribution in [2.75, 3.05) is 13.1 Å². The van der Waals surface area contributed by atoms with Gasteiger partial charge in [0.05, 0.1) is 6.61 Å². The molecule has 1 fully saturated rings. The van der Waals surface area contributed by atoms with Crippen molar-refractivity contribution in [3.63, 3.8) is 0 Å². The van der Waals surface area contributed by atoms with Gasteiger partial charge >= 0.3 is 0 Å². The number of hydrogen-bond donors (Lipinski definition) is 1. The summed E-state index contributed by atoms with van der Waals surface area (Å²) in [5.41, 5.74) is 3.12. The number of benzene rings is 2. The van der Waals surface area contributed by atoms with Crippen LogP contribution < -0.4 is 5.48 Å². The Bertz CT molecular complexity index is 881. The van der Waals surface area contributed by atoms with Crippen LogP contribution in [0.5, 0.6) is 0 Å². The molecule has 1 amide bonds. The Morgan fingerprint density at radius 3 is 2.50 bits per heavy atom. The SMILES string of the molecule is O=C(NOCc1ccccc1)c1ccc(F)c(S(=O)(=O)N2CCCC2)c1. The van der Waals surface area contributed by atoms with E-state index in [9.17, 15) is 17.6 Å². The van der Waals surface area contributed by atoms with Crippen molar-refractivity contribution in [3.05, 3.63) is 65.5 Å². The van der Waals surface area contributed by atoms with Gasteiger partial charge in [0, 0.05) is 18.7 Å². The number of hydrogen-bond acceptors (Lipinski definition) is 4. The molecule has 0 atom stereocenters. The van der Waals surface area contributed by atoms with Crippen LogP contribution in [-0.4, -0.2) is 31.7 Å². The van der Waals surface area contributed by atoms with Gasteiger partial charge in [0.1, 0.15) is 10.7 Å². The van der Waals surface area contributed by atoms with Gasteiger partial charge < -0.3 is 0 Å². The zero-order valence-electron chi connectivity index (χ0n) is 14.0. The lowest BCUT2D eigenvalue weighted by atomic mass is 10.2. The van der Waals surface area contributed by atoms with E-state index < -0.39 is 26.6 Å². The molecule has 1 heterocycles. The quantitative estimate of drug-likeness (QED) is 0.784. The van der Waals surface area contributed by atoms with Crippen LogP contribution in [0, 0.1) is 5.82 Å². The summed E-state index contributed by atoms with van der Waals surface area (Å²) in [6, 6.07) is 12.5. The molecule has 0 aromatic heterocycles. The maximum atomic E-state index is 14.1. The molecular formula is C18H19FN2O4S. The summed E-state index contributed by atoms with van der Waals surface area (Å²) in [6.45, 7) is 0.878. The summed E-state index contributed by atoms with van der Waals surface area (Å²) in [5, 5.41) is 0. The Morgan fingerprint density at radius 1 is 1.12 bits per heavy atom. The van der Waals surface area contributed by atoms with Crippen molar-refractivity contribution in [1.82, 2.24) is 9.79 Å². The van der Waals surface area contributed by atoms with E-state index in [1.54, 1.807) is 0 Å². The monoisotopic (exact) mass is 378 g/mol. The maximum absolute atomic E-state index is 14.1. The molecule has 1 aliphatic rings. The van der Waals surface area contributed by atoms with Gasteiger partial charge in [-0.3, -0.25) is 9.63 Å². The Balaban J connectivity index is 1.71. The van der Waals surface area contributed by atoms with Gasteiger partial charge in [-0.15, -0.1) is 0 Å². The minimum Gasteiger partial charge on any atom is -0.269 e. The standard InChI is InChI=1S/C18H19FN2O4S/c19-16-9-8-15(12-17(16)26(23,24)21-10-4-5-11-21)18(22)20-25-13-14-6-2-1-3-7-14/h1-3,6-9,12H,4-5,10-11,13H2,(H,20,22). The predicted octanol–water partition coefficient (Wildman–Crippen LogP) is 2.47. The molecule has 1 N–H and O–H groups in total. The Kier molecular flexibility index (Phi) is 5.65. The first-order chi connectivity index (χ1) is 12.5. The smallest absolute Gasteiger partial charge is 0.269 e. The van der Waals surface area contributed by atoms with Gasteiger partial charge in [-0.1, -0.05) is 30.3 Å². The van der Waals surface area contributed by atoms with E-state index in [-0.39, 0.29) is 12.2 Å². The summed E-state index contributed by atoms with van der Waals surface area (Å²) >= 11 is 0. The molecule has 0 radical (unpaired) electrons. The van der Waals surface area contributed by atoms with E-state index in [1.165, 1.54) is 10.4 Å². The molecule has 0 saturated carbocycles. The highest BCUT2D eigenvalue weighted by Crippen LogP contribution is 2.24. The fraction of sp³-hybridized carbons (Fsp3) is 0.278. The Labute approximate surface area is 151 Å². The fourth-order valence-electron chi connectivity index (χ4n) is 2.73. The van der Waals surface area contributed by atoms with Gasteiger partial charge in [-0.05, 0) is 36.6 Å². The van der Waals surface area contributed by atoms with Crippen molar-refractivity contribution >= 4 is 15.9 Å². The van der Waals surface area contributed by atoms with Crippen molar-refractivity contribution in [2.24, 2.45) is 0 Å². The van der Waals surface area contributed by atoms with Crippen LogP contribution in [0.2, 0.25) is 0 Å². The molecule has 1 aliphatic heterocycles. The summed E-state index contributed by atoms with van der Waals surface area (Å²) in [5.74, 6) is -1.52. The van der Waals surface area contributed by atoms with E-state index in [0.717, 1.165) is 30.5 Å². The lowest BCUT2D eigenvalue weighted by molar-refractivity contribution is 0.0233. The van der Waals surface area contributed by atoms with Crippen LogP contribution in [0.15, 0.2) is 53.4 Å². The van der Waals surface area contributed by atoms with Crippen molar-refractivity contribution in [1.29, 1.82) is 0 Å². The molecule has 26 heavy (non-hydrogen) atoms. The molecular weight excluding hydrogens is 359 g/mol. The minimum atomic E-state index is -3.95. The van der Waals surface area contributed by atoms with Crippen molar-refractivity contribution < 1.29 is 22.4 Å². The molecule has 138 valence electrons. The third kappa shape index (κ3) is 4.09. The van der Waals surface area contributed by atoms with Crippen LogP contribution in [-0.2, 0) is 21.5 Å². The van der Waals surface area contributed by atoms with Gasteiger partial charge in [0.15, 0.2) is 0 Å². The van der Waals surface area contributed by atoms with E-state index in [0.29, 0.717) is 13.1 Å². The number of carbonyl (C=O) groups is 1. The Hall–Kier alpha value is -2.29. The third-order valence-electron chi connectivity index (χ3n) is 4.12. The molecule has 0 bridgehead atoms. The van der Waals surface area contributed by atoms with Gasteiger partial charge in [-0.2, -0.15) is 4.31 Å². The highest BCUT2D eigenvalue weighted by Gasteiger charge is 2.30. The van der Waals surface area contributed by atoms with E-state index in [4.69, 9.17) is 4.84 Å². The number of sulfonamides is 1. The normalized spacial score (nSPS) is 15.1. The average molecular weight is 378 g/mol. The first-order valence-corrected chi connectivity index (χ1v) is 9.68. The summed E-state index contributed by atoms with van der Waals surface area (Å²) < 4.78 is 40.4. The van der Waals surface area contributed by atoms with Crippen LogP contribution in [0.1, 0.15) is 28.8 Å². The fourth-order valence-corrected chi connectivity index (χ4v) is 4.34. The minimum absolute atomic E-state index is 0.0113. The van der Waals surface area contributed by atoms with Gasteiger partial charge in [0.25, 0.3) is 5.91 Å². The number of amides is 1. The summed E-state index contributed by atoms with van der Waals surface area (Å²) in [7, 11) is -3.95. The second kappa shape index (κ2) is 7.94. The van der Waals surface area contributed by atoms with E-state index in [1.807, 2.05) is 30.3 Å². The van der Waals surface area contributed by atoms with E-state index >= 15 is 0 Å². The molecule has 0 spiro atoms. The van der Waals surface area contributed by atoms with Crippen LogP contribution >= 0.6 is 0 Å². The largest absolute Gasteiger partial charge is 0.274 e. The molecule has 2 aromatic carbocycles. The van der Waals surface area contributed by atoms with E-state index in [2.05, 4.69) is 5.48 Å². The molecule has 1 saturated heterocycles. The highest BCUT2D eigenvalue weighted by atomic mass is 32.2. The number of carbonyl (C=O) groups excluding carboxylic acids is 1. The number of halogens is 1. The molecule has 2 aromatic rings. The summed E-state index contributed by atoms with van der Waals surface area (Å²) in [6.07, 6.45) is 1.49. The zero-order valence-corrected chi connectivity index (χ0v) is 14.8. The lowest BCUT2D eigenvalue weighted by Crippen LogP contribution is -2.29. The van der Waals surface area contributed by atoms with Crippen molar-refractivity contribution in [3.8, 4) is 0 Å². The number of hydroxylamine groups is 1. The molecule has 3 rings (SSSR count). The second-order valence-corrected chi connectivity index (χ2v) is 7.87. The first-order valence-electron chi connectivity index (χ1n) is 8.24. The number of rotatable bonds is 6. The summed E-state index contributed by atoms with van der Waals surface area (Å²) in [4.78, 5) is 16.8. The molecule has 0 unspecified atom stereocenters. The topological polar surface area (TPSA) is 75.7 Å². The van der Waals surface area contributed by atoms with Crippen LogP contribution in [0.25, 0.3) is 0 Å². The second-order valence-electron chi connectivity index (χ2n) is 5.96. The van der Waals surface area contributed by atoms with Crippen LogP contribution in [0.4, 0.5) is 4.39 Å². The molecule has 8 heteroatoms. The van der Waals surface area contributed by atoms with Gasteiger partial charge in [-0.25, -0.2) is 18.3 Å².